The lowest BCUT2D eigenvalue weighted by Crippen LogP contribution is -2.42. The predicted molar refractivity (Wildman–Crippen MR) is 47.5 cm³/mol. The quantitative estimate of drug-likeness (QED) is 0.640. The van der Waals surface area contributed by atoms with E-state index in [1.165, 1.54) is 7.11 Å². The summed E-state index contributed by atoms with van der Waals surface area (Å²) in [5.74, 6) is 0. The molecule has 1 unspecified atom stereocenters. The molecule has 0 spiro atoms. The lowest BCUT2D eigenvalue weighted by Gasteiger charge is -2.24. The molecule has 2 N–H and O–H groups in total. The molecular formula is C8H16F3NO3. The van der Waals surface area contributed by atoms with Crippen LogP contribution in [0, 0.1) is 0 Å². The number of aliphatic hydroxyl groups excluding tert-OH is 2. The summed E-state index contributed by atoms with van der Waals surface area (Å²) in [4.78, 5) is 0.934. The molecule has 0 fully saturated rings. The van der Waals surface area contributed by atoms with Crippen LogP contribution in [0.1, 0.15) is 0 Å². The van der Waals surface area contributed by atoms with Crippen LogP contribution >= 0.6 is 0 Å². The molecule has 0 heterocycles. The van der Waals surface area contributed by atoms with Crippen molar-refractivity contribution in [3.63, 3.8) is 0 Å². The highest BCUT2D eigenvalue weighted by Crippen LogP contribution is 2.16. The first-order valence-corrected chi connectivity index (χ1v) is 4.46. The summed E-state index contributed by atoms with van der Waals surface area (Å²) >= 11 is 0. The van der Waals surface area contributed by atoms with Crippen LogP contribution in [0.5, 0.6) is 0 Å². The molecule has 7 heteroatoms. The Hall–Kier alpha value is -0.370. The van der Waals surface area contributed by atoms with Gasteiger partial charge in [-0.25, -0.2) is 0 Å². The van der Waals surface area contributed by atoms with E-state index in [4.69, 9.17) is 5.11 Å². The third kappa shape index (κ3) is 8.61. The fourth-order valence-corrected chi connectivity index (χ4v) is 1.17. The molecule has 0 aromatic carbocycles. The van der Waals surface area contributed by atoms with Gasteiger partial charge in [-0.05, 0) is 0 Å². The zero-order valence-corrected chi connectivity index (χ0v) is 8.50. The van der Waals surface area contributed by atoms with E-state index in [9.17, 15) is 18.3 Å². The van der Waals surface area contributed by atoms with Gasteiger partial charge in [-0.3, -0.25) is 4.90 Å². The van der Waals surface area contributed by atoms with Gasteiger partial charge in [0.15, 0.2) is 0 Å². The summed E-state index contributed by atoms with van der Waals surface area (Å²) in [6.45, 7) is -1.85. The molecule has 0 radical (unpaired) electrons. The van der Waals surface area contributed by atoms with Crippen molar-refractivity contribution >= 4 is 0 Å². The summed E-state index contributed by atoms with van der Waals surface area (Å²) in [5.41, 5.74) is 0. The van der Waals surface area contributed by atoms with E-state index in [1.54, 1.807) is 0 Å². The van der Waals surface area contributed by atoms with Crippen LogP contribution in [0.15, 0.2) is 0 Å². The number of nitrogens with zero attached hydrogens (tertiary/aromatic N) is 1. The van der Waals surface area contributed by atoms with Crippen molar-refractivity contribution in [3.05, 3.63) is 0 Å². The average Bonchev–Trinajstić information content (AvgIpc) is 2.01. The Morgan fingerprint density at radius 1 is 1.40 bits per heavy atom. The molecule has 0 saturated carbocycles. The highest BCUT2D eigenvalue weighted by atomic mass is 19.4. The van der Waals surface area contributed by atoms with Gasteiger partial charge in [0.2, 0.25) is 0 Å². The fourth-order valence-electron chi connectivity index (χ4n) is 1.17. The molecule has 15 heavy (non-hydrogen) atoms. The number of alkyl halides is 3. The minimum absolute atomic E-state index is 0.0280. The molecule has 0 amide bonds. The average molecular weight is 231 g/mol. The third-order valence-corrected chi connectivity index (χ3v) is 1.65. The smallest absolute Gasteiger partial charge is 0.395 e. The maximum absolute atomic E-state index is 12.0. The standard InChI is InChI=1S/C8H16F3NO3/c1-15-5-7(14)4-12(2-3-13)6-8(9,10)11/h7,13-14H,2-6H2,1H3. The topological polar surface area (TPSA) is 52.9 Å². The normalized spacial score (nSPS) is 14.6. The Morgan fingerprint density at radius 2 is 2.00 bits per heavy atom. The number of hydrogen-bond donors (Lipinski definition) is 2. The van der Waals surface area contributed by atoms with Crippen LogP contribution in [0.3, 0.4) is 0 Å². The van der Waals surface area contributed by atoms with Crippen LogP contribution in [-0.4, -0.2) is 67.4 Å². The number of methoxy groups -OCH3 is 1. The molecule has 92 valence electrons. The molecule has 0 aliphatic rings. The van der Waals surface area contributed by atoms with Gasteiger partial charge in [-0.2, -0.15) is 13.2 Å². The van der Waals surface area contributed by atoms with E-state index in [2.05, 4.69) is 4.74 Å². The molecule has 1 atom stereocenters. The van der Waals surface area contributed by atoms with E-state index in [1.807, 2.05) is 0 Å². The lowest BCUT2D eigenvalue weighted by molar-refractivity contribution is -0.150. The lowest BCUT2D eigenvalue weighted by atomic mass is 10.3. The maximum atomic E-state index is 12.0. The van der Waals surface area contributed by atoms with Gasteiger partial charge in [0.1, 0.15) is 0 Å². The van der Waals surface area contributed by atoms with Crippen LogP contribution in [0.4, 0.5) is 13.2 Å². The number of hydrogen-bond acceptors (Lipinski definition) is 4. The van der Waals surface area contributed by atoms with Gasteiger partial charge in [0.05, 0.1) is 25.9 Å². The minimum Gasteiger partial charge on any atom is -0.395 e. The Labute approximate surface area is 86.3 Å². The van der Waals surface area contributed by atoms with Crippen molar-refractivity contribution in [1.29, 1.82) is 0 Å². The van der Waals surface area contributed by atoms with Crippen molar-refractivity contribution in [2.24, 2.45) is 0 Å². The monoisotopic (exact) mass is 231 g/mol. The highest BCUT2D eigenvalue weighted by molar-refractivity contribution is 4.67. The van der Waals surface area contributed by atoms with Gasteiger partial charge in [0, 0.05) is 20.2 Å². The second-order valence-corrected chi connectivity index (χ2v) is 3.18. The van der Waals surface area contributed by atoms with Crippen molar-refractivity contribution in [2.75, 3.05) is 40.0 Å². The summed E-state index contributed by atoms with van der Waals surface area (Å²) < 4.78 is 40.7. The van der Waals surface area contributed by atoms with E-state index < -0.39 is 18.8 Å². The SMILES string of the molecule is COCC(O)CN(CCO)CC(F)(F)F. The molecule has 0 bridgehead atoms. The molecule has 0 aliphatic carbocycles. The molecule has 0 rings (SSSR count). The number of halogens is 3. The number of aliphatic hydroxyl groups is 2. The zero-order chi connectivity index (χ0) is 11.9. The first kappa shape index (κ1) is 14.6. The second-order valence-electron chi connectivity index (χ2n) is 3.18. The Kier molecular flexibility index (Phi) is 6.82. The second kappa shape index (κ2) is 7.00. The maximum Gasteiger partial charge on any atom is 0.401 e. The van der Waals surface area contributed by atoms with Crippen LogP contribution in [0.2, 0.25) is 0 Å². The minimum atomic E-state index is -4.33. The van der Waals surface area contributed by atoms with Crippen LogP contribution < -0.4 is 0 Å². The van der Waals surface area contributed by atoms with Gasteiger partial charge in [0.25, 0.3) is 0 Å². The van der Waals surface area contributed by atoms with Crippen molar-refractivity contribution < 1.29 is 28.1 Å². The van der Waals surface area contributed by atoms with Crippen LogP contribution in [-0.2, 0) is 4.74 Å². The Bertz CT molecular complexity index is 166. The molecule has 0 saturated heterocycles. The zero-order valence-electron chi connectivity index (χ0n) is 8.50. The first-order valence-electron chi connectivity index (χ1n) is 4.46. The van der Waals surface area contributed by atoms with Gasteiger partial charge >= 0.3 is 6.18 Å². The predicted octanol–water partition coefficient (Wildman–Crippen LogP) is -0.150. The number of rotatable bonds is 7. The molecule has 4 nitrogen and oxygen atoms in total. The largest absolute Gasteiger partial charge is 0.401 e. The van der Waals surface area contributed by atoms with Gasteiger partial charge in [-0.1, -0.05) is 0 Å². The van der Waals surface area contributed by atoms with E-state index >= 15 is 0 Å². The Morgan fingerprint density at radius 3 is 2.40 bits per heavy atom. The highest BCUT2D eigenvalue weighted by Gasteiger charge is 2.31. The molecule has 0 aliphatic heterocycles. The third-order valence-electron chi connectivity index (χ3n) is 1.65. The summed E-state index contributed by atoms with van der Waals surface area (Å²) in [6, 6.07) is 0. The van der Waals surface area contributed by atoms with Crippen molar-refractivity contribution in [1.82, 2.24) is 4.90 Å². The van der Waals surface area contributed by atoms with Crippen LogP contribution in [0.25, 0.3) is 0 Å². The summed E-state index contributed by atoms with van der Waals surface area (Å²) in [6.07, 6.45) is -5.31. The van der Waals surface area contributed by atoms with E-state index in [0.29, 0.717) is 0 Å². The number of ether oxygens (including phenoxy) is 1. The first-order chi connectivity index (χ1) is 6.89. The molecular weight excluding hydrogens is 215 g/mol. The van der Waals surface area contributed by atoms with E-state index in [-0.39, 0.29) is 26.3 Å². The van der Waals surface area contributed by atoms with E-state index in [0.717, 1.165) is 4.90 Å². The molecule has 0 aromatic rings. The summed E-state index contributed by atoms with van der Waals surface area (Å²) in [7, 11) is 1.35. The van der Waals surface area contributed by atoms with Crippen molar-refractivity contribution in [3.8, 4) is 0 Å². The molecule has 0 aromatic heterocycles. The summed E-state index contributed by atoms with van der Waals surface area (Å²) in [5, 5.41) is 17.8. The Balaban J connectivity index is 4.03. The van der Waals surface area contributed by atoms with Gasteiger partial charge < -0.3 is 14.9 Å². The fraction of sp³-hybridized carbons (Fsp3) is 1.00. The van der Waals surface area contributed by atoms with Crippen molar-refractivity contribution in [2.45, 2.75) is 12.3 Å². The van der Waals surface area contributed by atoms with Gasteiger partial charge in [-0.15, -0.1) is 0 Å².